The molecule has 0 bridgehead atoms. The van der Waals surface area contributed by atoms with Crippen molar-refractivity contribution >= 4 is 17.3 Å². The number of carbonyl (C=O) groups is 1. The van der Waals surface area contributed by atoms with Crippen LogP contribution in [-0.4, -0.2) is 44.9 Å². The Hall–Kier alpha value is -3.51. The average molecular weight is 459 g/mol. The highest BCUT2D eigenvalue weighted by atomic mass is 16.5. The van der Waals surface area contributed by atoms with Crippen LogP contribution in [0.2, 0.25) is 0 Å². The summed E-state index contributed by atoms with van der Waals surface area (Å²) in [5, 5.41) is 0. The summed E-state index contributed by atoms with van der Waals surface area (Å²) in [7, 11) is 1.64. The lowest BCUT2D eigenvalue weighted by atomic mass is 9.88. The monoisotopic (exact) mass is 458 g/mol. The fourth-order valence-corrected chi connectivity index (χ4v) is 4.70. The van der Waals surface area contributed by atoms with Crippen LogP contribution >= 0.6 is 0 Å². The van der Waals surface area contributed by atoms with E-state index in [0.717, 1.165) is 48.7 Å². The van der Waals surface area contributed by atoms with Crippen molar-refractivity contribution in [2.24, 2.45) is 0 Å². The molecule has 2 heterocycles. The highest BCUT2D eigenvalue weighted by Gasteiger charge is 2.42. The molecule has 1 spiro atoms. The van der Waals surface area contributed by atoms with E-state index in [2.05, 4.69) is 29.2 Å². The van der Waals surface area contributed by atoms with E-state index in [9.17, 15) is 4.79 Å². The number of anilines is 2. The normalized spacial score (nSPS) is 17.6. The number of rotatable bonds is 6. The molecule has 2 aliphatic rings. The number of morpholine rings is 1. The molecular weight excluding hydrogens is 428 g/mol. The lowest BCUT2D eigenvalue weighted by Crippen LogP contribution is -2.59. The summed E-state index contributed by atoms with van der Waals surface area (Å²) in [6.07, 6.45) is 1.74. The molecule has 0 aliphatic carbocycles. The zero-order chi connectivity index (χ0) is 23.4. The summed E-state index contributed by atoms with van der Waals surface area (Å²) in [6, 6.07) is 26.1. The molecule has 6 nitrogen and oxygen atoms in total. The van der Waals surface area contributed by atoms with Crippen LogP contribution in [-0.2, 0) is 16.1 Å². The highest BCUT2D eigenvalue weighted by molar-refractivity contribution is 5.95. The fourth-order valence-electron chi connectivity index (χ4n) is 4.70. The summed E-state index contributed by atoms with van der Waals surface area (Å²) in [5.41, 5.74) is 2.88. The largest absolute Gasteiger partial charge is 0.497 e. The first-order valence-corrected chi connectivity index (χ1v) is 11.7. The minimum Gasteiger partial charge on any atom is -0.497 e. The maximum Gasteiger partial charge on any atom is 0.253 e. The van der Waals surface area contributed by atoms with Crippen LogP contribution in [0.3, 0.4) is 0 Å². The van der Waals surface area contributed by atoms with Crippen molar-refractivity contribution in [1.29, 1.82) is 0 Å². The third kappa shape index (κ3) is 4.87. The number of carbonyl (C=O) groups excluding carboxylic acids is 1. The van der Waals surface area contributed by atoms with Crippen molar-refractivity contribution in [3.8, 4) is 11.5 Å². The van der Waals surface area contributed by atoms with E-state index in [-0.39, 0.29) is 18.1 Å². The summed E-state index contributed by atoms with van der Waals surface area (Å²) in [5.74, 6) is 1.60. The molecule has 3 aromatic carbocycles. The molecule has 34 heavy (non-hydrogen) atoms. The Morgan fingerprint density at radius 3 is 2.38 bits per heavy atom. The van der Waals surface area contributed by atoms with Gasteiger partial charge in [0.1, 0.15) is 24.7 Å². The van der Waals surface area contributed by atoms with E-state index < -0.39 is 0 Å². The van der Waals surface area contributed by atoms with E-state index in [1.165, 1.54) is 5.69 Å². The maximum atomic E-state index is 12.6. The highest BCUT2D eigenvalue weighted by Crippen LogP contribution is 2.35. The van der Waals surface area contributed by atoms with Gasteiger partial charge in [-0.1, -0.05) is 36.4 Å². The fraction of sp³-hybridized carbons (Fsp3) is 0.321. The summed E-state index contributed by atoms with van der Waals surface area (Å²) >= 11 is 0. The molecule has 2 saturated heterocycles. The molecule has 0 unspecified atom stereocenters. The molecule has 0 aromatic heterocycles. The van der Waals surface area contributed by atoms with Gasteiger partial charge in [-0.15, -0.1) is 0 Å². The van der Waals surface area contributed by atoms with Gasteiger partial charge in [-0.2, -0.15) is 0 Å². The molecule has 0 radical (unpaired) electrons. The van der Waals surface area contributed by atoms with Gasteiger partial charge in [0.05, 0.1) is 19.3 Å². The second-order valence-electron chi connectivity index (χ2n) is 8.91. The zero-order valence-electron chi connectivity index (χ0n) is 19.5. The minimum absolute atomic E-state index is 0.00704. The van der Waals surface area contributed by atoms with E-state index in [4.69, 9.17) is 14.2 Å². The number of ether oxygens (including phenoxy) is 3. The predicted molar refractivity (Wildman–Crippen MR) is 133 cm³/mol. The van der Waals surface area contributed by atoms with Crippen molar-refractivity contribution < 1.29 is 19.0 Å². The molecule has 176 valence electrons. The Labute approximate surface area is 200 Å². The van der Waals surface area contributed by atoms with Crippen molar-refractivity contribution in [1.82, 2.24) is 0 Å². The topological polar surface area (TPSA) is 51.2 Å². The number of amides is 1. The first kappa shape index (κ1) is 22.3. The molecule has 0 N–H and O–H groups in total. The smallest absolute Gasteiger partial charge is 0.253 e. The molecule has 3 aromatic rings. The van der Waals surface area contributed by atoms with Gasteiger partial charge in [0, 0.05) is 30.5 Å². The molecule has 1 amide bonds. The van der Waals surface area contributed by atoms with Crippen LogP contribution in [0.5, 0.6) is 11.5 Å². The standard InChI is InChI=1S/C28H30N2O4/c1-32-26-9-5-8-24(18-26)30-21-28(34-20-27(30)31)14-16-29(17-15-28)23-10-12-25(13-11-23)33-19-22-6-3-2-4-7-22/h2-13,18H,14-17,19-21H2,1H3. The van der Waals surface area contributed by atoms with Crippen LogP contribution in [0.4, 0.5) is 11.4 Å². The van der Waals surface area contributed by atoms with Crippen LogP contribution in [0.1, 0.15) is 18.4 Å². The number of methoxy groups -OCH3 is 1. The summed E-state index contributed by atoms with van der Waals surface area (Å²) < 4.78 is 17.4. The molecule has 2 aliphatic heterocycles. The van der Waals surface area contributed by atoms with Gasteiger partial charge in [0.15, 0.2) is 0 Å². The summed E-state index contributed by atoms with van der Waals surface area (Å²) in [4.78, 5) is 16.8. The van der Waals surface area contributed by atoms with Crippen LogP contribution in [0, 0.1) is 0 Å². The first-order chi connectivity index (χ1) is 16.6. The Morgan fingerprint density at radius 2 is 1.65 bits per heavy atom. The van der Waals surface area contributed by atoms with Gasteiger partial charge in [0.25, 0.3) is 5.91 Å². The maximum absolute atomic E-state index is 12.6. The van der Waals surface area contributed by atoms with Gasteiger partial charge in [0.2, 0.25) is 0 Å². The molecule has 0 saturated carbocycles. The Morgan fingerprint density at radius 1 is 0.882 bits per heavy atom. The molecule has 0 atom stereocenters. The number of piperidine rings is 1. The van der Waals surface area contributed by atoms with Gasteiger partial charge in [-0.25, -0.2) is 0 Å². The van der Waals surface area contributed by atoms with Gasteiger partial charge in [-0.3, -0.25) is 4.79 Å². The number of nitrogens with zero attached hydrogens (tertiary/aromatic N) is 2. The van der Waals surface area contributed by atoms with E-state index >= 15 is 0 Å². The quantitative estimate of drug-likeness (QED) is 0.537. The lowest BCUT2D eigenvalue weighted by molar-refractivity contribution is -0.141. The van der Waals surface area contributed by atoms with Gasteiger partial charge >= 0.3 is 0 Å². The lowest BCUT2D eigenvalue weighted by Gasteiger charge is -2.47. The third-order valence-corrected chi connectivity index (χ3v) is 6.74. The first-order valence-electron chi connectivity index (χ1n) is 11.7. The second-order valence-corrected chi connectivity index (χ2v) is 8.91. The molecule has 5 rings (SSSR count). The SMILES string of the molecule is COc1cccc(N2CC3(CCN(c4ccc(OCc5ccccc5)cc4)CC3)OCC2=O)c1. The Bertz CT molecular complexity index is 1110. The predicted octanol–water partition coefficient (Wildman–Crippen LogP) is 4.68. The Balaban J connectivity index is 1.19. The number of hydrogen-bond acceptors (Lipinski definition) is 5. The summed E-state index contributed by atoms with van der Waals surface area (Å²) in [6.45, 7) is 3.00. The van der Waals surface area contributed by atoms with Crippen LogP contribution in [0.25, 0.3) is 0 Å². The van der Waals surface area contributed by atoms with E-state index in [1.807, 2.05) is 59.5 Å². The third-order valence-electron chi connectivity index (χ3n) is 6.74. The van der Waals surface area contributed by atoms with Crippen LogP contribution in [0.15, 0.2) is 78.9 Å². The minimum atomic E-state index is -0.313. The average Bonchev–Trinajstić information content (AvgIpc) is 2.90. The Kier molecular flexibility index (Phi) is 6.41. The zero-order valence-corrected chi connectivity index (χ0v) is 19.5. The van der Waals surface area contributed by atoms with Gasteiger partial charge in [-0.05, 0) is 54.8 Å². The van der Waals surface area contributed by atoms with Crippen molar-refractivity contribution in [3.05, 3.63) is 84.4 Å². The number of hydrogen-bond donors (Lipinski definition) is 0. The van der Waals surface area contributed by atoms with Crippen molar-refractivity contribution in [2.75, 3.05) is 43.2 Å². The van der Waals surface area contributed by atoms with E-state index in [1.54, 1.807) is 7.11 Å². The van der Waals surface area contributed by atoms with Crippen LogP contribution < -0.4 is 19.3 Å². The molecule has 6 heteroatoms. The van der Waals surface area contributed by atoms with Crippen molar-refractivity contribution in [2.45, 2.75) is 25.0 Å². The number of benzene rings is 3. The van der Waals surface area contributed by atoms with Crippen molar-refractivity contribution in [3.63, 3.8) is 0 Å². The van der Waals surface area contributed by atoms with Gasteiger partial charge < -0.3 is 24.0 Å². The molecule has 2 fully saturated rings. The molecular formula is C28H30N2O4. The second kappa shape index (κ2) is 9.77. The van der Waals surface area contributed by atoms with E-state index in [0.29, 0.717) is 13.2 Å².